The molecule has 1 aromatic rings. The molecule has 0 N–H and O–H groups in total. The van der Waals surface area contributed by atoms with Gasteiger partial charge in [0.1, 0.15) is 12.4 Å². The largest absolute Gasteiger partial charge is 0.489 e. The Morgan fingerprint density at radius 1 is 1.26 bits per heavy atom. The number of aryl methyl sites for hydroxylation is 1. The van der Waals surface area contributed by atoms with E-state index < -0.39 is 0 Å². The molecule has 1 aromatic carbocycles. The van der Waals surface area contributed by atoms with Crippen molar-refractivity contribution in [2.45, 2.75) is 33.1 Å². The molecule has 0 saturated carbocycles. The summed E-state index contributed by atoms with van der Waals surface area (Å²) in [6, 6.07) is 8.02. The second-order valence-corrected chi connectivity index (χ2v) is 4.18. The van der Waals surface area contributed by atoms with E-state index in [0.717, 1.165) is 25.0 Å². The third-order valence-corrected chi connectivity index (χ3v) is 2.65. The fourth-order valence-electron chi connectivity index (χ4n) is 1.69. The quantitative estimate of drug-likeness (QED) is 0.531. The fourth-order valence-corrected chi connectivity index (χ4v) is 1.69. The van der Waals surface area contributed by atoms with Crippen molar-refractivity contribution in [3.63, 3.8) is 0 Å². The summed E-state index contributed by atoms with van der Waals surface area (Å²) in [4.78, 5) is 11.1. The van der Waals surface area contributed by atoms with Crippen molar-refractivity contribution in [1.29, 1.82) is 0 Å². The molecule has 0 aliphatic carbocycles. The summed E-state index contributed by atoms with van der Waals surface area (Å²) in [6.07, 6.45) is 6.41. The molecule has 0 fully saturated rings. The molecule has 19 heavy (non-hydrogen) atoms. The van der Waals surface area contributed by atoms with Gasteiger partial charge in [0.05, 0.1) is 6.61 Å². The van der Waals surface area contributed by atoms with Crippen molar-refractivity contribution < 1.29 is 14.3 Å². The molecule has 104 valence electrons. The summed E-state index contributed by atoms with van der Waals surface area (Å²) in [5.74, 6) is 0.565. The van der Waals surface area contributed by atoms with Gasteiger partial charge in [0.15, 0.2) is 0 Å². The Bertz CT molecular complexity index is 410. The molecule has 0 unspecified atom stereocenters. The minimum absolute atomic E-state index is 0.328. The number of esters is 1. The molecule has 0 spiro atoms. The maximum atomic E-state index is 11.1. The summed E-state index contributed by atoms with van der Waals surface area (Å²) in [5.41, 5.74) is 1.22. The number of unbranched alkanes of at least 4 members (excludes halogenated alkanes) is 1. The number of para-hydroxylation sites is 1. The van der Waals surface area contributed by atoms with Crippen LogP contribution < -0.4 is 4.74 Å². The number of hydrogen-bond donors (Lipinski definition) is 0. The molecule has 3 heteroatoms. The number of benzene rings is 1. The molecule has 0 radical (unpaired) electrons. The number of carbonyl (C=O) groups is 1. The van der Waals surface area contributed by atoms with Crippen LogP contribution in [-0.2, 0) is 16.0 Å². The zero-order valence-corrected chi connectivity index (χ0v) is 11.7. The average Bonchev–Trinajstić information content (AvgIpc) is 2.42. The third-order valence-electron chi connectivity index (χ3n) is 2.65. The summed E-state index contributed by atoms with van der Waals surface area (Å²) in [7, 11) is 0. The predicted molar refractivity (Wildman–Crippen MR) is 76.3 cm³/mol. The number of carbonyl (C=O) groups excluding carboxylic acids is 1. The van der Waals surface area contributed by atoms with Crippen LogP contribution in [0.15, 0.2) is 36.4 Å². The first kappa shape index (κ1) is 15.3. The van der Waals surface area contributed by atoms with Gasteiger partial charge in [-0.2, -0.15) is 0 Å². The van der Waals surface area contributed by atoms with Gasteiger partial charge in [-0.3, -0.25) is 0 Å². The maximum Gasteiger partial charge on any atom is 0.330 e. The van der Waals surface area contributed by atoms with Crippen molar-refractivity contribution in [2.75, 3.05) is 13.2 Å². The van der Waals surface area contributed by atoms with E-state index >= 15 is 0 Å². The topological polar surface area (TPSA) is 35.5 Å². The van der Waals surface area contributed by atoms with E-state index in [2.05, 4.69) is 13.0 Å². The molecule has 0 aliphatic rings. The molecule has 0 aromatic heterocycles. The lowest BCUT2D eigenvalue weighted by molar-refractivity contribution is -0.137. The lowest BCUT2D eigenvalue weighted by atomic mass is 10.1. The highest BCUT2D eigenvalue weighted by molar-refractivity contribution is 5.81. The highest BCUT2D eigenvalue weighted by Crippen LogP contribution is 2.19. The second-order valence-electron chi connectivity index (χ2n) is 4.18. The molecule has 0 atom stereocenters. The molecular weight excluding hydrogens is 240 g/mol. The molecule has 0 aliphatic heterocycles. The van der Waals surface area contributed by atoms with E-state index in [-0.39, 0.29) is 5.97 Å². The third kappa shape index (κ3) is 6.09. The summed E-state index contributed by atoms with van der Waals surface area (Å²) in [6.45, 7) is 4.73. The normalized spacial score (nSPS) is 10.6. The summed E-state index contributed by atoms with van der Waals surface area (Å²) in [5, 5.41) is 0. The van der Waals surface area contributed by atoms with Crippen LogP contribution in [0.5, 0.6) is 5.75 Å². The smallest absolute Gasteiger partial charge is 0.330 e. The van der Waals surface area contributed by atoms with Crippen LogP contribution in [0.3, 0.4) is 0 Å². The van der Waals surface area contributed by atoms with Gasteiger partial charge in [0.2, 0.25) is 0 Å². The standard InChI is InChI=1S/C16H22O3/c1-3-5-9-14-10-6-7-11-15(14)19-13-8-12-16(17)18-4-2/h6-8,10-12H,3-5,9,13H2,1-2H3. The Morgan fingerprint density at radius 2 is 2.05 bits per heavy atom. The van der Waals surface area contributed by atoms with Crippen molar-refractivity contribution in [2.24, 2.45) is 0 Å². The van der Waals surface area contributed by atoms with Gasteiger partial charge in [-0.1, -0.05) is 31.5 Å². The molecule has 0 bridgehead atoms. The van der Waals surface area contributed by atoms with Gasteiger partial charge >= 0.3 is 5.97 Å². The Kier molecular flexibility index (Phi) is 7.40. The van der Waals surface area contributed by atoms with E-state index in [0.29, 0.717) is 13.2 Å². The van der Waals surface area contributed by atoms with Gasteiger partial charge in [-0.05, 0) is 37.5 Å². The van der Waals surface area contributed by atoms with E-state index in [1.54, 1.807) is 13.0 Å². The number of hydrogen-bond acceptors (Lipinski definition) is 3. The van der Waals surface area contributed by atoms with Gasteiger partial charge in [-0.25, -0.2) is 4.79 Å². The highest BCUT2D eigenvalue weighted by atomic mass is 16.5. The minimum atomic E-state index is -0.328. The average molecular weight is 262 g/mol. The Labute approximate surface area is 115 Å². The predicted octanol–water partition coefficient (Wildman–Crippen LogP) is 3.53. The highest BCUT2D eigenvalue weighted by Gasteiger charge is 2.01. The van der Waals surface area contributed by atoms with Crippen molar-refractivity contribution in [1.82, 2.24) is 0 Å². The zero-order chi connectivity index (χ0) is 13.9. The van der Waals surface area contributed by atoms with Crippen LogP contribution >= 0.6 is 0 Å². The summed E-state index contributed by atoms with van der Waals surface area (Å²) < 4.78 is 10.5. The zero-order valence-electron chi connectivity index (χ0n) is 11.7. The molecule has 0 amide bonds. The Hall–Kier alpha value is -1.77. The first-order valence-corrected chi connectivity index (χ1v) is 6.82. The molecule has 3 nitrogen and oxygen atoms in total. The van der Waals surface area contributed by atoms with E-state index in [1.807, 2.05) is 18.2 Å². The lowest BCUT2D eigenvalue weighted by Gasteiger charge is -2.09. The first-order valence-electron chi connectivity index (χ1n) is 6.82. The van der Waals surface area contributed by atoms with Crippen LogP contribution in [0.1, 0.15) is 32.3 Å². The van der Waals surface area contributed by atoms with Gasteiger partial charge in [-0.15, -0.1) is 0 Å². The van der Waals surface area contributed by atoms with Crippen LogP contribution in [0, 0.1) is 0 Å². The van der Waals surface area contributed by atoms with Gasteiger partial charge in [0.25, 0.3) is 0 Å². The van der Waals surface area contributed by atoms with Crippen LogP contribution in [0.25, 0.3) is 0 Å². The number of ether oxygens (including phenoxy) is 2. The van der Waals surface area contributed by atoms with Gasteiger partial charge < -0.3 is 9.47 Å². The van der Waals surface area contributed by atoms with Crippen molar-refractivity contribution in [3.05, 3.63) is 42.0 Å². The van der Waals surface area contributed by atoms with E-state index in [1.165, 1.54) is 11.6 Å². The Balaban J connectivity index is 2.46. The maximum absolute atomic E-state index is 11.1. The van der Waals surface area contributed by atoms with Crippen LogP contribution in [-0.4, -0.2) is 19.2 Å². The SMILES string of the molecule is CCCCc1ccccc1OCC=CC(=O)OCC. The second kappa shape index (κ2) is 9.20. The van der Waals surface area contributed by atoms with Crippen molar-refractivity contribution in [3.8, 4) is 5.75 Å². The van der Waals surface area contributed by atoms with Crippen LogP contribution in [0.4, 0.5) is 0 Å². The Morgan fingerprint density at radius 3 is 2.79 bits per heavy atom. The molecule has 0 heterocycles. The summed E-state index contributed by atoms with van der Waals surface area (Å²) >= 11 is 0. The molecule has 0 saturated heterocycles. The molecular formula is C16H22O3. The fraction of sp³-hybridized carbons (Fsp3) is 0.438. The number of rotatable bonds is 8. The van der Waals surface area contributed by atoms with E-state index in [9.17, 15) is 4.79 Å². The van der Waals surface area contributed by atoms with Gasteiger partial charge in [0, 0.05) is 6.08 Å². The van der Waals surface area contributed by atoms with Crippen molar-refractivity contribution >= 4 is 5.97 Å². The molecule has 1 rings (SSSR count). The minimum Gasteiger partial charge on any atom is -0.489 e. The van der Waals surface area contributed by atoms with E-state index in [4.69, 9.17) is 9.47 Å². The lowest BCUT2D eigenvalue weighted by Crippen LogP contribution is -2.02. The first-order chi connectivity index (χ1) is 9.27. The monoisotopic (exact) mass is 262 g/mol. The van der Waals surface area contributed by atoms with Crippen LogP contribution in [0.2, 0.25) is 0 Å².